The van der Waals surface area contributed by atoms with Gasteiger partial charge in [-0.2, -0.15) is 0 Å². The fourth-order valence-corrected chi connectivity index (χ4v) is 2.34. The lowest BCUT2D eigenvalue weighted by Gasteiger charge is -2.30. The summed E-state index contributed by atoms with van der Waals surface area (Å²) >= 11 is 0. The summed E-state index contributed by atoms with van der Waals surface area (Å²) in [6.45, 7) is 8.49. The highest BCUT2D eigenvalue weighted by molar-refractivity contribution is 5.31. The normalized spacial score (nSPS) is 19.8. The van der Waals surface area contributed by atoms with Crippen LogP contribution in [0.5, 0.6) is 0 Å². The fourth-order valence-electron chi connectivity index (χ4n) is 2.34. The molecule has 0 spiro atoms. The van der Waals surface area contributed by atoms with Crippen molar-refractivity contribution in [2.75, 3.05) is 26.2 Å². The molecule has 0 radical (unpaired) electrons. The van der Waals surface area contributed by atoms with Crippen molar-refractivity contribution in [3.8, 4) is 0 Å². The molecule has 0 saturated carbocycles. The van der Waals surface area contributed by atoms with E-state index in [1.165, 1.54) is 11.1 Å². The van der Waals surface area contributed by atoms with Crippen molar-refractivity contribution in [1.82, 2.24) is 4.90 Å². The molecule has 0 saturated heterocycles. The fraction of sp³-hybridized carbons (Fsp3) is 0.571. The molecule has 2 nitrogen and oxygen atoms in total. The molecule has 0 N–H and O–H groups in total. The van der Waals surface area contributed by atoms with Crippen molar-refractivity contribution in [2.45, 2.75) is 26.4 Å². The molecule has 1 aromatic rings. The summed E-state index contributed by atoms with van der Waals surface area (Å²) in [6, 6.07) is 8.68. The molecule has 0 aromatic heterocycles. The van der Waals surface area contributed by atoms with Gasteiger partial charge in [0.1, 0.15) is 0 Å². The quantitative estimate of drug-likeness (QED) is 0.772. The van der Waals surface area contributed by atoms with Crippen LogP contribution < -0.4 is 0 Å². The first-order valence-corrected chi connectivity index (χ1v) is 6.27. The van der Waals surface area contributed by atoms with Crippen molar-refractivity contribution < 1.29 is 4.74 Å². The van der Waals surface area contributed by atoms with Gasteiger partial charge in [-0.3, -0.25) is 0 Å². The molecule has 2 heteroatoms. The lowest BCUT2D eigenvalue weighted by molar-refractivity contribution is 0.0180. The van der Waals surface area contributed by atoms with Crippen LogP contribution in [0.1, 0.15) is 31.1 Å². The molecule has 2 rings (SSSR count). The molecule has 1 aliphatic rings. The SMILES string of the molecule is CCN(CC)CC1OCCc2ccccc21. The summed E-state index contributed by atoms with van der Waals surface area (Å²) in [7, 11) is 0. The Balaban J connectivity index is 2.12. The molecule has 0 bridgehead atoms. The number of hydrogen-bond donors (Lipinski definition) is 0. The van der Waals surface area contributed by atoms with Gasteiger partial charge >= 0.3 is 0 Å². The van der Waals surface area contributed by atoms with Crippen molar-refractivity contribution >= 4 is 0 Å². The number of ether oxygens (including phenoxy) is 1. The van der Waals surface area contributed by atoms with Gasteiger partial charge < -0.3 is 9.64 Å². The summed E-state index contributed by atoms with van der Waals surface area (Å²) in [5.74, 6) is 0. The lowest BCUT2D eigenvalue weighted by Crippen LogP contribution is -2.31. The first-order chi connectivity index (χ1) is 7.85. The van der Waals surface area contributed by atoms with Crippen molar-refractivity contribution in [1.29, 1.82) is 0 Å². The predicted octanol–water partition coefficient (Wildman–Crippen LogP) is 2.64. The highest BCUT2D eigenvalue weighted by Crippen LogP contribution is 2.27. The van der Waals surface area contributed by atoms with Crippen molar-refractivity contribution in [2.24, 2.45) is 0 Å². The Hall–Kier alpha value is -0.860. The topological polar surface area (TPSA) is 12.5 Å². The van der Waals surface area contributed by atoms with Gasteiger partial charge in [0.15, 0.2) is 0 Å². The molecule has 0 fully saturated rings. The molecule has 1 unspecified atom stereocenters. The van der Waals surface area contributed by atoms with Crippen LogP contribution in [-0.2, 0) is 11.2 Å². The molecule has 88 valence electrons. The zero-order chi connectivity index (χ0) is 11.4. The van der Waals surface area contributed by atoms with Crippen LogP contribution in [0.15, 0.2) is 24.3 Å². The van der Waals surface area contributed by atoms with E-state index < -0.39 is 0 Å². The number of fused-ring (bicyclic) bond motifs is 1. The van der Waals surface area contributed by atoms with Gasteiger partial charge in [0, 0.05) is 6.54 Å². The molecule has 1 heterocycles. The van der Waals surface area contributed by atoms with E-state index in [1.807, 2.05) is 0 Å². The number of likely N-dealkylation sites (N-methyl/N-ethyl adjacent to an activating group) is 1. The maximum atomic E-state index is 5.90. The van der Waals surface area contributed by atoms with Gasteiger partial charge in [0.2, 0.25) is 0 Å². The van der Waals surface area contributed by atoms with Crippen LogP contribution in [0.4, 0.5) is 0 Å². The Morgan fingerprint density at radius 2 is 2.00 bits per heavy atom. The van der Waals surface area contributed by atoms with Gasteiger partial charge in [-0.1, -0.05) is 38.1 Å². The molecule has 0 aliphatic carbocycles. The van der Waals surface area contributed by atoms with E-state index in [0.717, 1.165) is 32.7 Å². The Bertz CT molecular complexity index is 333. The van der Waals surface area contributed by atoms with Crippen molar-refractivity contribution in [3.63, 3.8) is 0 Å². The highest BCUT2D eigenvalue weighted by atomic mass is 16.5. The molecular formula is C14H21NO. The van der Waals surface area contributed by atoms with Gasteiger partial charge in [-0.25, -0.2) is 0 Å². The Morgan fingerprint density at radius 1 is 1.25 bits per heavy atom. The zero-order valence-corrected chi connectivity index (χ0v) is 10.3. The van der Waals surface area contributed by atoms with Crippen LogP contribution in [0.25, 0.3) is 0 Å². The van der Waals surface area contributed by atoms with E-state index in [9.17, 15) is 0 Å². The highest BCUT2D eigenvalue weighted by Gasteiger charge is 2.21. The number of rotatable bonds is 4. The summed E-state index contributed by atoms with van der Waals surface area (Å²) in [5.41, 5.74) is 2.85. The van der Waals surface area contributed by atoms with E-state index in [-0.39, 0.29) is 6.10 Å². The minimum atomic E-state index is 0.268. The summed E-state index contributed by atoms with van der Waals surface area (Å²) < 4.78 is 5.90. The van der Waals surface area contributed by atoms with Gasteiger partial charge in [0.25, 0.3) is 0 Å². The van der Waals surface area contributed by atoms with Crippen LogP contribution in [0.2, 0.25) is 0 Å². The second kappa shape index (κ2) is 5.46. The average molecular weight is 219 g/mol. The van der Waals surface area contributed by atoms with E-state index in [1.54, 1.807) is 0 Å². The summed E-state index contributed by atoms with van der Waals surface area (Å²) in [5, 5.41) is 0. The minimum absolute atomic E-state index is 0.268. The molecule has 1 aliphatic heterocycles. The Morgan fingerprint density at radius 3 is 2.75 bits per heavy atom. The molecule has 1 aromatic carbocycles. The van der Waals surface area contributed by atoms with Crippen LogP contribution in [0, 0.1) is 0 Å². The third-order valence-corrected chi connectivity index (χ3v) is 3.41. The minimum Gasteiger partial charge on any atom is -0.372 e. The second-order valence-corrected chi connectivity index (χ2v) is 4.29. The van der Waals surface area contributed by atoms with E-state index >= 15 is 0 Å². The third-order valence-electron chi connectivity index (χ3n) is 3.41. The maximum Gasteiger partial charge on any atom is 0.0954 e. The smallest absolute Gasteiger partial charge is 0.0954 e. The van der Waals surface area contributed by atoms with Crippen LogP contribution >= 0.6 is 0 Å². The summed E-state index contributed by atoms with van der Waals surface area (Å²) in [4.78, 5) is 2.42. The first-order valence-electron chi connectivity index (χ1n) is 6.27. The molecule has 1 atom stereocenters. The van der Waals surface area contributed by atoms with Crippen LogP contribution in [-0.4, -0.2) is 31.1 Å². The molecular weight excluding hydrogens is 198 g/mol. The maximum absolute atomic E-state index is 5.90. The largest absolute Gasteiger partial charge is 0.372 e. The monoisotopic (exact) mass is 219 g/mol. The van der Waals surface area contributed by atoms with Crippen molar-refractivity contribution in [3.05, 3.63) is 35.4 Å². The number of nitrogens with zero attached hydrogens (tertiary/aromatic N) is 1. The molecule has 0 amide bonds. The number of hydrogen-bond acceptors (Lipinski definition) is 2. The zero-order valence-electron chi connectivity index (χ0n) is 10.3. The average Bonchev–Trinajstić information content (AvgIpc) is 2.36. The Kier molecular flexibility index (Phi) is 3.97. The molecule has 16 heavy (non-hydrogen) atoms. The van der Waals surface area contributed by atoms with E-state index in [0.29, 0.717) is 0 Å². The lowest BCUT2D eigenvalue weighted by atomic mass is 9.97. The van der Waals surface area contributed by atoms with Crippen LogP contribution in [0.3, 0.4) is 0 Å². The summed E-state index contributed by atoms with van der Waals surface area (Å²) in [6.07, 6.45) is 1.33. The number of benzene rings is 1. The van der Waals surface area contributed by atoms with E-state index in [2.05, 4.69) is 43.0 Å². The Labute approximate surface area is 98.2 Å². The van der Waals surface area contributed by atoms with E-state index in [4.69, 9.17) is 4.74 Å². The van der Waals surface area contributed by atoms with Gasteiger partial charge in [-0.05, 0) is 30.6 Å². The first kappa shape index (κ1) is 11.6. The second-order valence-electron chi connectivity index (χ2n) is 4.29. The van der Waals surface area contributed by atoms with Gasteiger partial charge in [-0.15, -0.1) is 0 Å². The standard InChI is InChI=1S/C14H21NO/c1-3-15(4-2)11-14-13-8-6-5-7-12(13)9-10-16-14/h5-8,14H,3-4,9-11H2,1-2H3. The van der Waals surface area contributed by atoms with Gasteiger partial charge in [0.05, 0.1) is 12.7 Å². The third kappa shape index (κ3) is 2.45. The predicted molar refractivity (Wildman–Crippen MR) is 66.6 cm³/mol.